The molecule has 30 heavy (non-hydrogen) atoms. The van der Waals surface area contributed by atoms with Crippen molar-refractivity contribution in [1.82, 2.24) is 9.62 Å². The smallest absolute Gasteiger partial charge is 0.290 e. The van der Waals surface area contributed by atoms with Gasteiger partial charge in [0.15, 0.2) is 4.90 Å². The zero-order valence-corrected chi connectivity index (χ0v) is 18.1. The molecule has 0 bridgehead atoms. The van der Waals surface area contributed by atoms with Gasteiger partial charge in [0.2, 0.25) is 10.0 Å². The molecule has 1 atom stereocenters. The van der Waals surface area contributed by atoms with Gasteiger partial charge in [0.25, 0.3) is 5.69 Å². The molecule has 8 nitrogen and oxygen atoms in total. The Labute approximate surface area is 179 Å². The van der Waals surface area contributed by atoms with Crippen LogP contribution in [-0.2, 0) is 10.0 Å². The molecule has 1 aliphatic heterocycles. The van der Waals surface area contributed by atoms with Crippen molar-refractivity contribution >= 4 is 33.0 Å². The summed E-state index contributed by atoms with van der Waals surface area (Å²) in [6, 6.07) is 6.77. The Balaban J connectivity index is 1.93. The fourth-order valence-corrected chi connectivity index (χ4v) is 4.97. The molecule has 1 fully saturated rings. The largest absolute Gasteiger partial charge is 0.369 e. The van der Waals surface area contributed by atoms with Crippen LogP contribution in [0.5, 0.6) is 0 Å². The van der Waals surface area contributed by atoms with Crippen LogP contribution < -0.4 is 9.62 Å². The molecule has 1 N–H and O–H groups in total. The molecule has 1 unspecified atom stereocenters. The van der Waals surface area contributed by atoms with Gasteiger partial charge >= 0.3 is 0 Å². The first-order valence-corrected chi connectivity index (χ1v) is 11.1. The van der Waals surface area contributed by atoms with Crippen LogP contribution >= 0.6 is 11.6 Å². The van der Waals surface area contributed by atoms with E-state index in [1.807, 2.05) is 7.05 Å². The van der Waals surface area contributed by atoms with E-state index < -0.39 is 37.4 Å². The van der Waals surface area contributed by atoms with E-state index in [0.29, 0.717) is 5.56 Å². The second-order valence-electron chi connectivity index (χ2n) is 7.21. The Morgan fingerprint density at radius 3 is 2.47 bits per heavy atom. The Morgan fingerprint density at radius 1 is 1.17 bits per heavy atom. The molecule has 2 aromatic carbocycles. The highest BCUT2D eigenvalue weighted by molar-refractivity contribution is 7.89. The molecule has 0 amide bonds. The Bertz CT molecular complexity index is 1060. The van der Waals surface area contributed by atoms with Crippen molar-refractivity contribution in [2.45, 2.75) is 17.9 Å². The number of nitrogens with zero attached hydrogens (tertiary/aromatic N) is 3. The third-order valence-corrected chi connectivity index (χ3v) is 6.86. The molecular formula is C19H22ClFN4O4S. The van der Waals surface area contributed by atoms with Gasteiger partial charge in [-0.2, -0.15) is 0 Å². The SMILES string of the molecule is CC(NS(=O)(=O)c1ccc(Cl)cc1[N+](=O)[O-])c1cc(F)ccc1N1CCN(C)CC1. The molecule has 3 rings (SSSR count). The van der Waals surface area contributed by atoms with E-state index in [1.54, 1.807) is 13.0 Å². The summed E-state index contributed by atoms with van der Waals surface area (Å²) in [5.74, 6) is -0.494. The Morgan fingerprint density at radius 2 is 1.83 bits per heavy atom. The number of piperazine rings is 1. The first kappa shape index (κ1) is 22.4. The fourth-order valence-electron chi connectivity index (χ4n) is 3.43. The zero-order chi connectivity index (χ0) is 22.1. The summed E-state index contributed by atoms with van der Waals surface area (Å²) in [4.78, 5) is 14.2. The predicted molar refractivity (Wildman–Crippen MR) is 113 cm³/mol. The number of nitrogens with one attached hydrogen (secondary N) is 1. The van der Waals surface area contributed by atoms with Crippen molar-refractivity contribution in [2.24, 2.45) is 0 Å². The van der Waals surface area contributed by atoms with Gasteiger partial charge in [0.05, 0.1) is 4.92 Å². The number of nitro benzene ring substituents is 1. The van der Waals surface area contributed by atoms with Crippen LogP contribution in [0.2, 0.25) is 5.02 Å². The molecule has 1 heterocycles. The van der Waals surface area contributed by atoms with Gasteiger partial charge in [-0.3, -0.25) is 10.1 Å². The molecule has 162 valence electrons. The average molecular weight is 457 g/mol. The lowest BCUT2D eigenvalue weighted by atomic mass is 10.0. The molecule has 1 aliphatic rings. The number of anilines is 1. The number of sulfonamides is 1. The standard InChI is InChI=1S/C19H22ClFN4O4S/c1-13(22-30(28,29)19-6-3-14(20)11-18(19)25(26)27)16-12-15(21)4-5-17(16)24-9-7-23(2)8-10-24/h3-6,11-13,22H,7-10H2,1-2H3. The molecule has 0 radical (unpaired) electrons. The van der Waals surface area contributed by atoms with Gasteiger partial charge in [0.1, 0.15) is 5.82 Å². The predicted octanol–water partition coefficient (Wildman–Crippen LogP) is 3.18. The van der Waals surface area contributed by atoms with Gasteiger partial charge in [-0.15, -0.1) is 0 Å². The van der Waals surface area contributed by atoms with E-state index in [4.69, 9.17) is 11.6 Å². The van der Waals surface area contributed by atoms with Crippen molar-refractivity contribution in [1.29, 1.82) is 0 Å². The number of rotatable bonds is 6. The van der Waals surface area contributed by atoms with Gasteiger partial charge < -0.3 is 9.80 Å². The maximum Gasteiger partial charge on any atom is 0.290 e. The number of hydrogen-bond acceptors (Lipinski definition) is 6. The molecule has 0 aliphatic carbocycles. The van der Waals surface area contributed by atoms with Gasteiger partial charge in [0, 0.05) is 49.0 Å². The fraction of sp³-hybridized carbons (Fsp3) is 0.368. The highest BCUT2D eigenvalue weighted by atomic mass is 35.5. The normalized spacial score (nSPS) is 16.5. The minimum absolute atomic E-state index is 0.0520. The Hall–Kier alpha value is -2.27. The van der Waals surface area contributed by atoms with Crippen LogP contribution in [0.3, 0.4) is 0 Å². The van der Waals surface area contributed by atoms with Crippen molar-refractivity contribution in [3.8, 4) is 0 Å². The summed E-state index contributed by atoms with van der Waals surface area (Å²) < 4.78 is 42.2. The van der Waals surface area contributed by atoms with Crippen molar-refractivity contribution in [3.63, 3.8) is 0 Å². The minimum atomic E-state index is -4.27. The second-order valence-corrected chi connectivity index (χ2v) is 9.32. The topological polar surface area (TPSA) is 95.8 Å². The lowest BCUT2D eigenvalue weighted by Crippen LogP contribution is -2.45. The van der Waals surface area contributed by atoms with E-state index >= 15 is 0 Å². The quantitative estimate of drug-likeness (QED) is 0.529. The average Bonchev–Trinajstić information content (AvgIpc) is 2.68. The van der Waals surface area contributed by atoms with E-state index in [2.05, 4.69) is 14.5 Å². The first-order valence-electron chi connectivity index (χ1n) is 9.27. The molecule has 11 heteroatoms. The van der Waals surface area contributed by atoms with Crippen molar-refractivity contribution < 1.29 is 17.7 Å². The Kier molecular flexibility index (Phi) is 6.61. The molecular weight excluding hydrogens is 435 g/mol. The lowest BCUT2D eigenvalue weighted by Gasteiger charge is -2.36. The van der Waals surface area contributed by atoms with Crippen LogP contribution in [0.1, 0.15) is 18.5 Å². The molecule has 0 spiro atoms. The number of hydrogen-bond donors (Lipinski definition) is 1. The number of nitro groups is 1. The lowest BCUT2D eigenvalue weighted by molar-refractivity contribution is -0.387. The monoisotopic (exact) mass is 456 g/mol. The molecule has 2 aromatic rings. The summed E-state index contributed by atoms with van der Waals surface area (Å²) in [7, 11) is -2.26. The first-order chi connectivity index (χ1) is 14.1. The van der Waals surface area contributed by atoms with Crippen molar-refractivity contribution in [2.75, 3.05) is 38.1 Å². The van der Waals surface area contributed by atoms with Crippen LogP contribution in [0.4, 0.5) is 15.8 Å². The third kappa shape index (κ3) is 4.89. The van der Waals surface area contributed by atoms with E-state index in [0.717, 1.165) is 44.0 Å². The number of likely N-dealkylation sites (N-methyl/N-ethyl adjacent to an activating group) is 1. The summed E-state index contributed by atoms with van der Waals surface area (Å²) in [6.45, 7) is 4.67. The number of halogens is 2. The summed E-state index contributed by atoms with van der Waals surface area (Å²) >= 11 is 5.78. The number of benzene rings is 2. The summed E-state index contributed by atoms with van der Waals surface area (Å²) in [5.41, 5.74) is 0.561. The summed E-state index contributed by atoms with van der Waals surface area (Å²) in [6.07, 6.45) is 0. The van der Waals surface area contributed by atoms with Gasteiger partial charge in [-0.25, -0.2) is 17.5 Å². The molecule has 0 saturated carbocycles. The maximum absolute atomic E-state index is 14.0. The summed E-state index contributed by atoms with van der Waals surface area (Å²) in [5, 5.41) is 11.4. The molecule has 1 saturated heterocycles. The van der Waals surface area contributed by atoms with Crippen LogP contribution in [0.25, 0.3) is 0 Å². The van der Waals surface area contributed by atoms with Gasteiger partial charge in [-0.05, 0) is 49.9 Å². The van der Waals surface area contributed by atoms with Crippen molar-refractivity contribution in [3.05, 3.63) is 62.9 Å². The highest BCUT2D eigenvalue weighted by Crippen LogP contribution is 2.32. The zero-order valence-electron chi connectivity index (χ0n) is 16.5. The molecule has 0 aromatic heterocycles. The van der Waals surface area contributed by atoms with E-state index in [1.165, 1.54) is 18.2 Å². The highest BCUT2D eigenvalue weighted by Gasteiger charge is 2.29. The minimum Gasteiger partial charge on any atom is -0.369 e. The van der Waals surface area contributed by atoms with Crippen LogP contribution in [0, 0.1) is 15.9 Å². The van der Waals surface area contributed by atoms with E-state index in [-0.39, 0.29) is 5.02 Å². The maximum atomic E-state index is 14.0. The third-order valence-electron chi connectivity index (χ3n) is 5.04. The van der Waals surface area contributed by atoms with Gasteiger partial charge in [-0.1, -0.05) is 11.6 Å². The second kappa shape index (κ2) is 8.84. The van der Waals surface area contributed by atoms with E-state index in [9.17, 15) is 22.9 Å². The van der Waals surface area contributed by atoms with Crippen LogP contribution in [0.15, 0.2) is 41.3 Å². The van der Waals surface area contributed by atoms with Crippen LogP contribution in [-0.4, -0.2) is 51.5 Å².